The number of aromatic nitrogens is 2. The second-order valence-corrected chi connectivity index (χ2v) is 4.78. The van der Waals surface area contributed by atoms with E-state index in [0.29, 0.717) is 6.54 Å². The largest absolute Gasteiger partial charge is 0.306 e. The fourth-order valence-corrected chi connectivity index (χ4v) is 2.15. The number of hydrogen-bond acceptors (Lipinski definition) is 5. The predicted octanol–water partition coefficient (Wildman–Crippen LogP) is 2.04. The van der Waals surface area contributed by atoms with E-state index in [4.69, 9.17) is 0 Å². The van der Waals surface area contributed by atoms with Gasteiger partial charge in [0.1, 0.15) is 11.4 Å². The molecule has 0 fully saturated rings. The Balaban J connectivity index is 1.83. The second-order valence-electron chi connectivity index (χ2n) is 3.41. The van der Waals surface area contributed by atoms with Crippen molar-refractivity contribution in [1.29, 1.82) is 0 Å². The molecule has 4 nitrogen and oxygen atoms in total. The van der Waals surface area contributed by atoms with E-state index in [1.165, 1.54) is 9.75 Å². The van der Waals surface area contributed by atoms with Gasteiger partial charge in [-0.05, 0) is 26.0 Å². The number of nitrogens with zero attached hydrogens (tertiary/aromatic N) is 2. The second kappa shape index (κ2) is 4.55. The first kappa shape index (κ1) is 10.3. The Morgan fingerprint density at radius 3 is 2.73 bits per heavy atom. The van der Waals surface area contributed by atoms with Crippen LogP contribution in [0.1, 0.15) is 21.1 Å². The molecule has 80 valence electrons. The van der Waals surface area contributed by atoms with Gasteiger partial charge in [-0.1, -0.05) is 10.3 Å². The highest BCUT2D eigenvalue weighted by Crippen LogP contribution is 2.14. The monoisotopic (exact) mass is 223 g/mol. The maximum Gasteiger partial charge on any atom is 0.121 e. The van der Waals surface area contributed by atoms with Gasteiger partial charge >= 0.3 is 0 Å². The van der Waals surface area contributed by atoms with Gasteiger partial charge in [0.05, 0.1) is 0 Å². The van der Waals surface area contributed by atoms with Crippen molar-refractivity contribution in [2.24, 2.45) is 0 Å². The van der Waals surface area contributed by atoms with E-state index in [9.17, 15) is 0 Å². The number of hydrogen-bond donors (Lipinski definition) is 1. The van der Waals surface area contributed by atoms with E-state index in [1.807, 2.05) is 18.3 Å². The minimum atomic E-state index is 0.701. The Labute approximate surface area is 92.3 Å². The lowest BCUT2D eigenvalue weighted by molar-refractivity contribution is 0.300. The fraction of sp³-hybridized carbons (Fsp3) is 0.400. The smallest absolute Gasteiger partial charge is 0.121 e. The lowest BCUT2D eigenvalue weighted by Gasteiger charge is -1.99. The summed E-state index contributed by atoms with van der Waals surface area (Å²) in [6.45, 7) is 5.57. The standard InChI is InChI=1S/C10H13N3OS/c1-7-3-4-9(15-7)5-11-6-10-8(2)12-14-13-10/h3-4,11H,5-6H2,1-2H3. The van der Waals surface area contributed by atoms with Crippen LogP contribution in [0.5, 0.6) is 0 Å². The number of thiophene rings is 1. The summed E-state index contributed by atoms with van der Waals surface area (Å²) >= 11 is 1.81. The molecule has 2 heterocycles. The predicted molar refractivity (Wildman–Crippen MR) is 58.6 cm³/mol. The molecule has 0 aliphatic heterocycles. The molecular formula is C10H13N3OS. The average molecular weight is 223 g/mol. The van der Waals surface area contributed by atoms with Crippen LogP contribution in [-0.4, -0.2) is 10.3 Å². The summed E-state index contributed by atoms with van der Waals surface area (Å²) in [4.78, 5) is 2.67. The van der Waals surface area contributed by atoms with Crippen LogP contribution >= 0.6 is 11.3 Å². The summed E-state index contributed by atoms with van der Waals surface area (Å²) in [5.74, 6) is 0. The van der Waals surface area contributed by atoms with Crippen molar-refractivity contribution in [1.82, 2.24) is 15.6 Å². The minimum Gasteiger partial charge on any atom is -0.306 e. The lowest BCUT2D eigenvalue weighted by atomic mass is 10.3. The van der Waals surface area contributed by atoms with Crippen LogP contribution in [0.25, 0.3) is 0 Å². The van der Waals surface area contributed by atoms with Crippen molar-refractivity contribution in [3.05, 3.63) is 33.3 Å². The van der Waals surface area contributed by atoms with Crippen LogP contribution in [0.4, 0.5) is 0 Å². The summed E-state index contributed by atoms with van der Waals surface area (Å²) in [5.41, 5.74) is 1.73. The molecule has 0 bridgehead atoms. The Morgan fingerprint density at radius 2 is 2.13 bits per heavy atom. The van der Waals surface area contributed by atoms with E-state index in [0.717, 1.165) is 17.9 Å². The number of aryl methyl sites for hydroxylation is 2. The van der Waals surface area contributed by atoms with E-state index in [-0.39, 0.29) is 0 Å². The molecule has 15 heavy (non-hydrogen) atoms. The molecule has 0 radical (unpaired) electrons. The van der Waals surface area contributed by atoms with Gasteiger partial charge in [0.15, 0.2) is 0 Å². The Kier molecular flexibility index (Phi) is 3.13. The van der Waals surface area contributed by atoms with Gasteiger partial charge in [0, 0.05) is 22.8 Å². The molecule has 5 heteroatoms. The van der Waals surface area contributed by atoms with Crippen molar-refractivity contribution in [3.8, 4) is 0 Å². The summed E-state index contributed by atoms with van der Waals surface area (Å²) in [7, 11) is 0. The topological polar surface area (TPSA) is 51.0 Å². The van der Waals surface area contributed by atoms with Crippen molar-refractivity contribution >= 4 is 11.3 Å². The van der Waals surface area contributed by atoms with Gasteiger partial charge in [0.2, 0.25) is 0 Å². The van der Waals surface area contributed by atoms with Crippen LogP contribution < -0.4 is 5.32 Å². The zero-order chi connectivity index (χ0) is 10.7. The number of nitrogens with one attached hydrogen (secondary N) is 1. The normalized spacial score (nSPS) is 10.8. The summed E-state index contributed by atoms with van der Waals surface area (Å²) in [6.07, 6.45) is 0. The third-order valence-corrected chi connectivity index (χ3v) is 3.13. The van der Waals surface area contributed by atoms with E-state index in [2.05, 4.69) is 39.3 Å². The molecule has 0 unspecified atom stereocenters. The zero-order valence-electron chi connectivity index (χ0n) is 8.78. The first-order valence-electron chi connectivity index (χ1n) is 4.80. The molecule has 2 rings (SSSR count). The number of rotatable bonds is 4. The summed E-state index contributed by atoms with van der Waals surface area (Å²) in [5, 5.41) is 10.8. The van der Waals surface area contributed by atoms with E-state index < -0.39 is 0 Å². The van der Waals surface area contributed by atoms with Crippen molar-refractivity contribution in [2.45, 2.75) is 26.9 Å². The third kappa shape index (κ3) is 2.64. The first-order valence-corrected chi connectivity index (χ1v) is 5.61. The van der Waals surface area contributed by atoms with Crippen molar-refractivity contribution < 1.29 is 4.63 Å². The van der Waals surface area contributed by atoms with Crippen LogP contribution in [-0.2, 0) is 13.1 Å². The highest BCUT2D eigenvalue weighted by Gasteiger charge is 2.04. The van der Waals surface area contributed by atoms with Crippen LogP contribution in [0.3, 0.4) is 0 Å². The molecule has 0 aliphatic rings. The Hall–Kier alpha value is -1.20. The SMILES string of the molecule is Cc1ccc(CNCc2nonc2C)s1. The van der Waals surface area contributed by atoms with Gasteiger partial charge in [-0.2, -0.15) is 0 Å². The Morgan fingerprint density at radius 1 is 1.27 bits per heavy atom. The molecule has 2 aromatic rings. The molecule has 0 amide bonds. The van der Waals surface area contributed by atoms with E-state index in [1.54, 1.807) is 0 Å². The molecule has 1 N–H and O–H groups in total. The Bertz CT molecular complexity index is 435. The van der Waals surface area contributed by atoms with E-state index >= 15 is 0 Å². The highest BCUT2D eigenvalue weighted by atomic mass is 32.1. The quantitative estimate of drug-likeness (QED) is 0.861. The average Bonchev–Trinajstić information content (AvgIpc) is 2.77. The fourth-order valence-electron chi connectivity index (χ4n) is 1.29. The maximum atomic E-state index is 4.61. The van der Waals surface area contributed by atoms with Crippen molar-refractivity contribution in [3.63, 3.8) is 0 Å². The third-order valence-electron chi connectivity index (χ3n) is 2.13. The molecule has 0 atom stereocenters. The molecule has 2 aromatic heterocycles. The lowest BCUT2D eigenvalue weighted by Crippen LogP contribution is -2.12. The van der Waals surface area contributed by atoms with Crippen molar-refractivity contribution in [2.75, 3.05) is 0 Å². The summed E-state index contributed by atoms with van der Waals surface area (Å²) in [6, 6.07) is 4.27. The van der Waals surface area contributed by atoms with Crippen LogP contribution in [0.2, 0.25) is 0 Å². The van der Waals surface area contributed by atoms with Gasteiger partial charge < -0.3 is 5.32 Å². The molecule has 0 saturated heterocycles. The molecule has 0 aromatic carbocycles. The van der Waals surface area contributed by atoms with Gasteiger partial charge in [0.25, 0.3) is 0 Å². The first-order chi connectivity index (χ1) is 7.25. The highest BCUT2D eigenvalue weighted by molar-refractivity contribution is 7.11. The van der Waals surface area contributed by atoms with Gasteiger partial charge in [-0.3, -0.25) is 0 Å². The molecule has 0 saturated carbocycles. The van der Waals surface area contributed by atoms with Gasteiger partial charge in [-0.25, -0.2) is 4.63 Å². The minimum absolute atomic E-state index is 0.701. The van der Waals surface area contributed by atoms with Crippen LogP contribution in [0.15, 0.2) is 16.8 Å². The summed E-state index contributed by atoms with van der Waals surface area (Å²) < 4.78 is 4.61. The maximum absolute atomic E-state index is 4.61. The molecular weight excluding hydrogens is 210 g/mol. The van der Waals surface area contributed by atoms with Crippen LogP contribution in [0, 0.1) is 13.8 Å². The molecule has 0 spiro atoms. The zero-order valence-corrected chi connectivity index (χ0v) is 9.60. The molecule has 0 aliphatic carbocycles. The van der Waals surface area contributed by atoms with Gasteiger partial charge in [-0.15, -0.1) is 11.3 Å².